The zero-order chi connectivity index (χ0) is 47.1. The summed E-state index contributed by atoms with van der Waals surface area (Å²) in [7, 11) is 3.75. The number of pyridine rings is 1. The lowest BCUT2D eigenvalue weighted by atomic mass is 9.84. The van der Waals surface area contributed by atoms with Gasteiger partial charge in [-0.25, -0.2) is 5.43 Å². The van der Waals surface area contributed by atoms with E-state index in [-0.39, 0.29) is 49.3 Å². The Balaban J connectivity index is 1.16. The van der Waals surface area contributed by atoms with Gasteiger partial charge >= 0.3 is 5.97 Å². The maximum atomic E-state index is 14.8. The number of methoxy groups -OCH3 is 1. The molecule has 4 aromatic rings. The Kier molecular flexibility index (Phi) is 13.2. The fourth-order valence-electron chi connectivity index (χ4n) is 10.6. The van der Waals surface area contributed by atoms with E-state index in [2.05, 4.69) is 84.4 Å². The number of carbonyl (C=O) groups is 5. The maximum Gasteiger partial charge on any atom is 0.324 e. The van der Waals surface area contributed by atoms with Crippen molar-refractivity contribution in [1.29, 1.82) is 0 Å². The number of likely N-dealkylation sites (tertiary alicyclic amines) is 2. The van der Waals surface area contributed by atoms with Crippen molar-refractivity contribution in [2.75, 3.05) is 39.9 Å². The number of aromatic nitrogens is 2. The molecule has 14 heteroatoms. The number of ether oxygens (including phenoxy) is 2. The number of benzene rings is 2. The first-order valence-electron chi connectivity index (χ1n) is 23.3. The molecule has 14 nitrogen and oxygen atoms in total. The molecule has 2 N–H and O–H groups in total. The number of hydrogen-bond acceptors (Lipinski definition) is 9. The van der Waals surface area contributed by atoms with E-state index < -0.39 is 40.8 Å². The molecule has 0 saturated carbocycles. The Morgan fingerprint density at radius 3 is 2.53 bits per heavy atom. The van der Waals surface area contributed by atoms with E-state index in [0.717, 1.165) is 50.1 Å². The fraction of sp³-hybridized carbons (Fsp3) is 0.500. The Labute approximate surface area is 387 Å². The average molecular weight is 898 g/mol. The second-order valence-corrected chi connectivity index (χ2v) is 19.7. The maximum absolute atomic E-state index is 14.8. The largest absolute Gasteiger partial charge is 0.464 e. The van der Waals surface area contributed by atoms with Gasteiger partial charge in [-0.1, -0.05) is 63.9 Å². The van der Waals surface area contributed by atoms with Gasteiger partial charge < -0.3 is 29.2 Å². The van der Waals surface area contributed by atoms with Crippen molar-refractivity contribution in [2.45, 2.75) is 104 Å². The number of carbonyl (C=O) groups excluding carboxylic acids is 5. The molecule has 66 heavy (non-hydrogen) atoms. The number of nitrogens with one attached hydrogen (secondary N) is 2. The lowest BCUT2D eigenvalue weighted by Crippen LogP contribution is -2.62. The third-order valence-corrected chi connectivity index (χ3v) is 14.1. The summed E-state index contributed by atoms with van der Waals surface area (Å²) in [6.07, 6.45) is 4.32. The number of esters is 1. The number of hydrazine groups is 1. The van der Waals surface area contributed by atoms with E-state index in [1.807, 2.05) is 39.0 Å². The third kappa shape index (κ3) is 8.95. The van der Waals surface area contributed by atoms with Crippen molar-refractivity contribution in [3.8, 4) is 34.2 Å². The summed E-state index contributed by atoms with van der Waals surface area (Å²) >= 11 is 0. The van der Waals surface area contributed by atoms with Gasteiger partial charge in [0.2, 0.25) is 11.8 Å². The number of fused-ring (bicyclic) bond motifs is 6. The molecule has 3 saturated heterocycles. The van der Waals surface area contributed by atoms with E-state index in [0.29, 0.717) is 51.7 Å². The van der Waals surface area contributed by atoms with Crippen LogP contribution in [0.1, 0.15) is 90.2 Å². The van der Waals surface area contributed by atoms with Crippen LogP contribution in [0.15, 0.2) is 60.8 Å². The second kappa shape index (κ2) is 18.7. The normalized spacial score (nSPS) is 23.1. The zero-order valence-corrected chi connectivity index (χ0v) is 39.5. The molecule has 4 aliphatic rings. The molecule has 4 aliphatic heterocycles. The van der Waals surface area contributed by atoms with Crippen molar-refractivity contribution in [1.82, 2.24) is 35.1 Å². The van der Waals surface area contributed by atoms with Crippen LogP contribution in [-0.2, 0) is 53.3 Å². The van der Waals surface area contributed by atoms with Crippen LogP contribution in [0.2, 0.25) is 0 Å². The number of amides is 4. The van der Waals surface area contributed by atoms with Gasteiger partial charge in [-0.15, -0.1) is 0 Å². The van der Waals surface area contributed by atoms with Crippen molar-refractivity contribution in [3.05, 3.63) is 77.6 Å². The highest BCUT2D eigenvalue weighted by atomic mass is 16.5. The minimum absolute atomic E-state index is 0.136. The number of rotatable bonds is 7. The van der Waals surface area contributed by atoms with Crippen LogP contribution < -0.4 is 10.7 Å². The van der Waals surface area contributed by atoms with Crippen LogP contribution in [-0.4, -0.2) is 112 Å². The topological polar surface area (TPSA) is 155 Å². The smallest absolute Gasteiger partial charge is 0.324 e. The average Bonchev–Trinajstić information content (AvgIpc) is 3.97. The van der Waals surface area contributed by atoms with E-state index in [1.165, 1.54) is 5.01 Å². The summed E-state index contributed by atoms with van der Waals surface area (Å²) in [5.74, 6) is 3.24. The Morgan fingerprint density at radius 2 is 1.77 bits per heavy atom. The highest BCUT2D eigenvalue weighted by Gasteiger charge is 2.54. The van der Waals surface area contributed by atoms with E-state index >= 15 is 0 Å². The van der Waals surface area contributed by atoms with Gasteiger partial charge in [-0.05, 0) is 104 Å². The predicted molar refractivity (Wildman–Crippen MR) is 251 cm³/mol. The van der Waals surface area contributed by atoms with E-state index in [4.69, 9.17) is 14.5 Å². The molecule has 0 radical (unpaired) electrons. The summed E-state index contributed by atoms with van der Waals surface area (Å²) in [5.41, 5.74) is 9.60. The van der Waals surface area contributed by atoms with Crippen LogP contribution in [0.4, 0.5) is 0 Å². The molecular formula is C52H63N7O7. The quantitative estimate of drug-likeness (QED) is 0.174. The minimum atomic E-state index is -1.04. The monoisotopic (exact) mass is 897 g/mol. The van der Waals surface area contributed by atoms with Gasteiger partial charge in [0.15, 0.2) is 0 Å². The highest BCUT2D eigenvalue weighted by Crippen LogP contribution is 2.43. The molecule has 8 rings (SSSR count). The Bertz CT molecular complexity index is 2630. The molecule has 6 heterocycles. The molecule has 3 fully saturated rings. The molecule has 2 aromatic carbocycles. The molecule has 6 bridgehead atoms. The van der Waals surface area contributed by atoms with Crippen molar-refractivity contribution in [2.24, 2.45) is 23.8 Å². The number of nitrogens with zero attached hydrogens (tertiary/aromatic N) is 5. The van der Waals surface area contributed by atoms with Gasteiger partial charge in [0.1, 0.15) is 18.1 Å². The number of aryl methyl sites for hydroxylation is 1. The van der Waals surface area contributed by atoms with Crippen LogP contribution >= 0.6 is 0 Å². The SMILES string of the molecule is CC#CC(=O)N1CCC2(CCN([C@H](C(=O)N[C@H]3Cc4cccc(c4)-c4ccc5c(c4)c(c(-c4cccnc4[C@H](C)OC)n5C)CC(C)(C)COC(=O)[C@@H]4CCCN(N4)C3=O)C(C)C)C2=O)C1. The predicted octanol–water partition coefficient (Wildman–Crippen LogP) is 5.76. The van der Waals surface area contributed by atoms with Crippen LogP contribution in [0.5, 0.6) is 0 Å². The Hall–Kier alpha value is -6.04. The van der Waals surface area contributed by atoms with Gasteiger partial charge in [0.05, 0.1) is 29.5 Å². The zero-order valence-electron chi connectivity index (χ0n) is 39.5. The minimum Gasteiger partial charge on any atom is -0.464 e. The fourth-order valence-corrected chi connectivity index (χ4v) is 10.6. The summed E-state index contributed by atoms with van der Waals surface area (Å²) in [6, 6.07) is 15.8. The summed E-state index contributed by atoms with van der Waals surface area (Å²) in [4.78, 5) is 78.4. The summed E-state index contributed by atoms with van der Waals surface area (Å²) in [6.45, 7) is 13.1. The lowest BCUT2D eigenvalue weighted by Gasteiger charge is -2.37. The molecular weight excluding hydrogens is 835 g/mol. The molecule has 0 aliphatic carbocycles. The molecule has 2 aromatic heterocycles. The van der Waals surface area contributed by atoms with Gasteiger partial charge in [0, 0.05) is 74.8 Å². The molecule has 4 amide bonds. The third-order valence-electron chi connectivity index (χ3n) is 14.1. The first kappa shape index (κ1) is 46.5. The summed E-state index contributed by atoms with van der Waals surface area (Å²) in [5, 5.41) is 5.62. The Morgan fingerprint density at radius 1 is 1.00 bits per heavy atom. The highest BCUT2D eigenvalue weighted by molar-refractivity contribution is 5.98. The van der Waals surface area contributed by atoms with Crippen molar-refractivity contribution in [3.63, 3.8) is 0 Å². The lowest BCUT2D eigenvalue weighted by molar-refractivity contribution is -0.155. The second-order valence-electron chi connectivity index (χ2n) is 19.7. The van der Waals surface area contributed by atoms with Crippen LogP contribution in [0.25, 0.3) is 33.3 Å². The van der Waals surface area contributed by atoms with Crippen molar-refractivity contribution < 1.29 is 33.4 Å². The molecule has 1 spiro atoms. The number of cyclic esters (lactones) is 1. The standard InChI is InChI=1S/C52H63N7O7/c1-9-13-43(60)57-24-20-52(30-57)21-25-58(50(52)64)45(32(2)3)47(61)54-41-27-34-14-10-15-35(26-34)36-18-19-42-38(28-36)39(46(56(42)7)37-16-11-22-53-44(37)33(4)65-8)29-51(5,6)31-66-49(63)40-17-12-23-59(55-40)48(41)62/h10-11,14-16,18-19,22,26,28,32-33,40-41,45,55H,12,17,20-21,23-25,27,29-31H2,1-8H3,(H,54,61)/t33-,40-,41-,45-,52?/m0/s1. The van der Waals surface area contributed by atoms with Crippen LogP contribution in [0.3, 0.4) is 0 Å². The first-order valence-corrected chi connectivity index (χ1v) is 23.3. The van der Waals surface area contributed by atoms with E-state index in [9.17, 15) is 24.0 Å². The number of hydrogen-bond donors (Lipinski definition) is 2. The summed E-state index contributed by atoms with van der Waals surface area (Å²) < 4.78 is 14.1. The van der Waals surface area contributed by atoms with Crippen LogP contribution in [0, 0.1) is 28.6 Å². The molecule has 348 valence electrons. The first-order chi connectivity index (χ1) is 31.5. The molecule has 1 unspecified atom stereocenters. The van der Waals surface area contributed by atoms with Gasteiger partial charge in [-0.3, -0.25) is 34.0 Å². The van der Waals surface area contributed by atoms with Gasteiger partial charge in [-0.2, -0.15) is 0 Å². The molecule has 5 atom stereocenters. The van der Waals surface area contributed by atoms with E-state index in [1.54, 1.807) is 30.0 Å². The van der Waals surface area contributed by atoms with Gasteiger partial charge in [0.25, 0.3) is 11.8 Å². The van der Waals surface area contributed by atoms with Crippen molar-refractivity contribution >= 4 is 40.5 Å².